The number of ether oxygens (including phenoxy) is 1. The highest BCUT2D eigenvalue weighted by atomic mass is 16.5. The van der Waals surface area contributed by atoms with E-state index in [1.807, 2.05) is 18.2 Å². The van der Waals surface area contributed by atoms with E-state index < -0.39 is 0 Å². The lowest BCUT2D eigenvalue weighted by Gasteiger charge is -2.11. The van der Waals surface area contributed by atoms with Gasteiger partial charge in [-0.3, -0.25) is 4.57 Å². The Hall–Kier alpha value is -1.75. The number of methoxy groups -OCH3 is 1. The molecule has 1 saturated heterocycles. The van der Waals surface area contributed by atoms with E-state index in [1.165, 1.54) is 6.42 Å². The van der Waals surface area contributed by atoms with Gasteiger partial charge in [0.05, 0.1) is 12.6 Å². The largest absolute Gasteiger partial charge is 0.494 e. The van der Waals surface area contributed by atoms with Crippen molar-refractivity contribution in [3.05, 3.63) is 28.7 Å². The van der Waals surface area contributed by atoms with Crippen LogP contribution in [-0.4, -0.2) is 29.2 Å². The van der Waals surface area contributed by atoms with Crippen molar-refractivity contribution >= 4 is 11.0 Å². The number of nitrogens with one attached hydrogen (secondary N) is 2. The van der Waals surface area contributed by atoms with Gasteiger partial charge in [-0.1, -0.05) is 6.07 Å². The third-order valence-electron chi connectivity index (χ3n) is 3.56. The first-order chi connectivity index (χ1) is 8.79. The number of fused-ring (bicyclic) bond motifs is 1. The molecular weight excluding hydrogens is 230 g/mol. The molecule has 0 spiro atoms. The molecular formula is C13H17N3O2. The summed E-state index contributed by atoms with van der Waals surface area (Å²) < 4.78 is 7.06. The molecule has 96 valence electrons. The normalized spacial score (nSPS) is 19.5. The fourth-order valence-electron chi connectivity index (χ4n) is 2.64. The molecule has 0 radical (unpaired) electrons. The van der Waals surface area contributed by atoms with Crippen LogP contribution in [-0.2, 0) is 6.54 Å². The van der Waals surface area contributed by atoms with Gasteiger partial charge in [-0.25, -0.2) is 4.79 Å². The molecule has 2 N–H and O–H groups in total. The number of aromatic nitrogens is 2. The van der Waals surface area contributed by atoms with Gasteiger partial charge in [0.25, 0.3) is 0 Å². The fraction of sp³-hybridized carbons (Fsp3) is 0.462. The van der Waals surface area contributed by atoms with Crippen LogP contribution >= 0.6 is 0 Å². The third-order valence-corrected chi connectivity index (χ3v) is 3.56. The van der Waals surface area contributed by atoms with Crippen molar-refractivity contribution in [2.45, 2.75) is 25.4 Å². The van der Waals surface area contributed by atoms with Crippen LogP contribution < -0.4 is 15.7 Å². The van der Waals surface area contributed by atoms with Crippen LogP contribution in [0.4, 0.5) is 0 Å². The zero-order valence-corrected chi connectivity index (χ0v) is 10.4. The number of nitrogens with zero attached hydrogens (tertiary/aromatic N) is 1. The molecule has 1 aliphatic heterocycles. The SMILES string of the molecule is COc1cccc2c1[nH]c(=O)n2CC1CCCN1. The van der Waals surface area contributed by atoms with Crippen LogP contribution in [0.25, 0.3) is 11.0 Å². The molecule has 0 bridgehead atoms. The Morgan fingerprint density at radius 1 is 1.50 bits per heavy atom. The average Bonchev–Trinajstić information content (AvgIpc) is 2.99. The summed E-state index contributed by atoms with van der Waals surface area (Å²) in [5.41, 5.74) is 1.62. The monoisotopic (exact) mass is 247 g/mol. The maximum atomic E-state index is 12.0. The van der Waals surface area contributed by atoms with Crippen molar-refractivity contribution in [1.82, 2.24) is 14.9 Å². The number of para-hydroxylation sites is 1. The smallest absolute Gasteiger partial charge is 0.326 e. The molecule has 1 aromatic carbocycles. The van der Waals surface area contributed by atoms with Crippen molar-refractivity contribution in [3.63, 3.8) is 0 Å². The predicted octanol–water partition coefficient (Wildman–Crippen LogP) is 1.09. The summed E-state index contributed by atoms with van der Waals surface area (Å²) in [7, 11) is 1.61. The predicted molar refractivity (Wildman–Crippen MR) is 70.1 cm³/mol. The van der Waals surface area contributed by atoms with E-state index in [0.717, 1.165) is 24.0 Å². The second kappa shape index (κ2) is 4.49. The van der Waals surface area contributed by atoms with Crippen molar-refractivity contribution < 1.29 is 4.74 Å². The van der Waals surface area contributed by atoms with E-state index >= 15 is 0 Å². The van der Waals surface area contributed by atoms with E-state index in [0.29, 0.717) is 18.3 Å². The molecule has 3 rings (SSSR count). The van der Waals surface area contributed by atoms with E-state index in [-0.39, 0.29) is 5.69 Å². The van der Waals surface area contributed by atoms with Gasteiger partial charge in [0.15, 0.2) is 0 Å². The highest BCUT2D eigenvalue weighted by molar-refractivity contribution is 5.81. The Labute approximate surface area is 105 Å². The van der Waals surface area contributed by atoms with Gasteiger partial charge in [-0.05, 0) is 31.5 Å². The fourth-order valence-corrected chi connectivity index (χ4v) is 2.64. The summed E-state index contributed by atoms with van der Waals surface area (Å²) in [4.78, 5) is 14.9. The lowest BCUT2D eigenvalue weighted by Crippen LogP contribution is -2.31. The summed E-state index contributed by atoms with van der Waals surface area (Å²) in [5, 5.41) is 3.41. The summed E-state index contributed by atoms with van der Waals surface area (Å²) >= 11 is 0. The molecule has 0 amide bonds. The van der Waals surface area contributed by atoms with Gasteiger partial charge >= 0.3 is 5.69 Å². The quantitative estimate of drug-likeness (QED) is 0.853. The molecule has 5 nitrogen and oxygen atoms in total. The van der Waals surface area contributed by atoms with E-state index in [1.54, 1.807) is 11.7 Å². The molecule has 18 heavy (non-hydrogen) atoms. The molecule has 1 atom stereocenters. The molecule has 1 unspecified atom stereocenters. The molecule has 0 saturated carbocycles. The number of rotatable bonds is 3. The Bertz CT molecular complexity index is 608. The first kappa shape index (κ1) is 11.3. The minimum absolute atomic E-state index is 0.0665. The summed E-state index contributed by atoms with van der Waals surface area (Å²) in [5.74, 6) is 0.711. The van der Waals surface area contributed by atoms with Gasteiger partial charge in [-0.15, -0.1) is 0 Å². The average molecular weight is 247 g/mol. The first-order valence-electron chi connectivity index (χ1n) is 6.28. The molecule has 5 heteroatoms. The maximum Gasteiger partial charge on any atom is 0.326 e. The Balaban J connectivity index is 2.05. The number of hydrogen-bond donors (Lipinski definition) is 2. The van der Waals surface area contributed by atoms with Crippen LogP contribution in [0.5, 0.6) is 5.75 Å². The maximum absolute atomic E-state index is 12.0. The number of imidazole rings is 1. The standard InChI is InChI=1S/C13H17N3O2/c1-18-11-6-2-5-10-12(11)15-13(17)16(10)8-9-4-3-7-14-9/h2,5-6,9,14H,3-4,7-8H2,1H3,(H,15,17). The Kier molecular flexibility index (Phi) is 2.83. The van der Waals surface area contributed by atoms with Crippen molar-refractivity contribution in [3.8, 4) is 5.75 Å². The topological polar surface area (TPSA) is 59.1 Å². The van der Waals surface area contributed by atoms with E-state index in [2.05, 4.69) is 10.3 Å². The lowest BCUT2D eigenvalue weighted by molar-refractivity contribution is 0.419. The second-order valence-electron chi connectivity index (χ2n) is 4.69. The molecule has 0 aliphatic carbocycles. The van der Waals surface area contributed by atoms with Crippen LogP contribution in [0, 0.1) is 0 Å². The van der Waals surface area contributed by atoms with Crippen molar-refractivity contribution in [2.24, 2.45) is 0 Å². The molecule has 1 fully saturated rings. The third kappa shape index (κ3) is 1.80. The minimum Gasteiger partial charge on any atom is -0.494 e. The zero-order valence-electron chi connectivity index (χ0n) is 10.4. The van der Waals surface area contributed by atoms with Gasteiger partial charge in [0, 0.05) is 12.6 Å². The Morgan fingerprint density at radius 3 is 3.11 bits per heavy atom. The molecule has 1 aromatic heterocycles. The second-order valence-corrected chi connectivity index (χ2v) is 4.69. The number of H-pyrrole nitrogens is 1. The highest BCUT2D eigenvalue weighted by Gasteiger charge is 2.18. The highest BCUT2D eigenvalue weighted by Crippen LogP contribution is 2.22. The van der Waals surface area contributed by atoms with E-state index in [4.69, 9.17) is 4.74 Å². The van der Waals surface area contributed by atoms with Gasteiger partial charge in [0.2, 0.25) is 0 Å². The van der Waals surface area contributed by atoms with Crippen LogP contribution in [0.3, 0.4) is 0 Å². The molecule has 2 heterocycles. The molecule has 1 aliphatic rings. The van der Waals surface area contributed by atoms with Crippen LogP contribution in [0.1, 0.15) is 12.8 Å². The van der Waals surface area contributed by atoms with Gasteiger partial charge in [0.1, 0.15) is 11.3 Å². The first-order valence-corrected chi connectivity index (χ1v) is 6.28. The van der Waals surface area contributed by atoms with Crippen LogP contribution in [0.2, 0.25) is 0 Å². The Morgan fingerprint density at radius 2 is 2.39 bits per heavy atom. The summed E-state index contributed by atoms with van der Waals surface area (Å²) in [6.45, 7) is 1.76. The zero-order chi connectivity index (χ0) is 12.5. The number of hydrogen-bond acceptors (Lipinski definition) is 3. The van der Waals surface area contributed by atoms with E-state index in [9.17, 15) is 4.79 Å². The number of benzene rings is 1. The summed E-state index contributed by atoms with van der Waals surface area (Å²) in [6.07, 6.45) is 2.31. The van der Waals surface area contributed by atoms with Crippen molar-refractivity contribution in [2.75, 3.05) is 13.7 Å². The van der Waals surface area contributed by atoms with Crippen molar-refractivity contribution in [1.29, 1.82) is 0 Å². The lowest BCUT2D eigenvalue weighted by atomic mass is 10.2. The van der Waals surface area contributed by atoms with Gasteiger partial charge in [-0.2, -0.15) is 0 Å². The minimum atomic E-state index is -0.0665. The van der Waals surface area contributed by atoms with Crippen LogP contribution in [0.15, 0.2) is 23.0 Å². The molecule has 2 aromatic rings. The summed E-state index contributed by atoms with van der Waals surface area (Å²) in [6, 6.07) is 6.11. The number of aromatic amines is 1. The van der Waals surface area contributed by atoms with Gasteiger partial charge < -0.3 is 15.0 Å².